The number of unbranched alkanes of at least 4 members (excludes halogenated alkanes) is 7. The van der Waals surface area contributed by atoms with E-state index in [1.807, 2.05) is 30.3 Å². The zero-order chi connectivity index (χ0) is 16.3. The van der Waals surface area contributed by atoms with Crippen LogP contribution in [-0.4, -0.2) is 20.9 Å². The van der Waals surface area contributed by atoms with Crippen LogP contribution in [0.4, 0.5) is 0 Å². The van der Waals surface area contributed by atoms with E-state index in [1.54, 1.807) is 0 Å². The van der Waals surface area contributed by atoms with Crippen molar-refractivity contribution in [3.8, 4) is 0 Å². The lowest BCUT2D eigenvalue weighted by Gasteiger charge is -1.99. The van der Waals surface area contributed by atoms with Gasteiger partial charge in [-0.3, -0.25) is 4.79 Å². The molecule has 0 bridgehead atoms. The van der Waals surface area contributed by atoms with Gasteiger partial charge in [-0.05, 0) is 25.0 Å². The van der Waals surface area contributed by atoms with Crippen molar-refractivity contribution in [1.29, 1.82) is 0 Å². The van der Waals surface area contributed by atoms with Crippen molar-refractivity contribution >= 4 is 16.9 Å². The highest BCUT2D eigenvalue weighted by Gasteiger charge is 2.09. The van der Waals surface area contributed by atoms with Crippen molar-refractivity contribution < 1.29 is 4.79 Å². The molecule has 4 heteroatoms. The Bertz CT molecular complexity index is 630. The number of hydrogen-bond acceptors (Lipinski definition) is 3. The van der Waals surface area contributed by atoms with Gasteiger partial charge in [-0.25, -0.2) is 0 Å². The summed E-state index contributed by atoms with van der Waals surface area (Å²) >= 11 is 0. The summed E-state index contributed by atoms with van der Waals surface area (Å²) < 4.78 is 1.40. The average molecular weight is 313 g/mol. The Balaban J connectivity index is 1.65. The van der Waals surface area contributed by atoms with Crippen molar-refractivity contribution in [3.63, 3.8) is 0 Å². The van der Waals surface area contributed by atoms with Crippen molar-refractivity contribution in [2.24, 2.45) is 0 Å². The summed E-state index contributed by atoms with van der Waals surface area (Å²) in [5, 5.41) is 7.95. The van der Waals surface area contributed by atoms with E-state index in [2.05, 4.69) is 23.3 Å². The number of aromatic nitrogens is 3. The Kier molecular flexibility index (Phi) is 7.50. The van der Waals surface area contributed by atoms with Gasteiger partial charge in [-0.15, -0.1) is 5.10 Å². The minimum absolute atomic E-state index is 0.0329. The predicted molar refractivity (Wildman–Crippen MR) is 94.5 cm³/mol. The molecule has 0 aliphatic heterocycles. The molecule has 0 saturated carbocycles. The zero-order valence-corrected chi connectivity index (χ0v) is 14.1. The van der Waals surface area contributed by atoms with Crippen LogP contribution >= 0.6 is 0 Å². The fourth-order valence-electron chi connectivity index (χ4n) is 2.66. The van der Waals surface area contributed by atoms with Crippen LogP contribution in [0.2, 0.25) is 0 Å². The number of benzene rings is 1. The Hall–Kier alpha value is -1.97. The summed E-state index contributed by atoms with van der Waals surface area (Å²) in [7, 11) is 0. The van der Waals surface area contributed by atoms with Crippen LogP contribution in [0.15, 0.2) is 36.4 Å². The van der Waals surface area contributed by atoms with Crippen molar-refractivity contribution in [2.75, 3.05) is 0 Å². The second-order valence-corrected chi connectivity index (χ2v) is 5.97. The van der Waals surface area contributed by atoms with E-state index >= 15 is 0 Å². The minimum atomic E-state index is -0.0329. The second kappa shape index (κ2) is 9.93. The number of fused-ring (bicyclic) bond motifs is 1. The minimum Gasteiger partial charge on any atom is -0.272 e. The molecule has 0 radical (unpaired) electrons. The first-order valence-electron chi connectivity index (χ1n) is 8.81. The molecular weight excluding hydrogens is 286 g/mol. The fraction of sp³-hybridized carbons (Fsp3) is 0.526. The summed E-state index contributed by atoms with van der Waals surface area (Å²) in [4.78, 5) is 12.2. The molecule has 1 aromatic heterocycles. The predicted octanol–water partition coefficient (Wildman–Crippen LogP) is 5.16. The number of carbonyl (C=O) groups is 1. The molecule has 0 atom stereocenters. The molecule has 2 aromatic rings. The van der Waals surface area contributed by atoms with E-state index in [-0.39, 0.29) is 5.91 Å². The molecule has 0 unspecified atom stereocenters. The van der Waals surface area contributed by atoms with Crippen LogP contribution in [0.25, 0.3) is 11.0 Å². The normalized spacial score (nSPS) is 11.5. The molecular formula is C19H27N3O. The van der Waals surface area contributed by atoms with E-state index in [1.165, 1.54) is 49.6 Å². The highest BCUT2D eigenvalue weighted by Crippen LogP contribution is 2.11. The Morgan fingerprint density at radius 1 is 1.04 bits per heavy atom. The van der Waals surface area contributed by atoms with Gasteiger partial charge in [-0.1, -0.05) is 74.9 Å². The van der Waals surface area contributed by atoms with Gasteiger partial charge in [0.15, 0.2) is 0 Å². The summed E-state index contributed by atoms with van der Waals surface area (Å²) in [6, 6.07) is 7.53. The van der Waals surface area contributed by atoms with Crippen molar-refractivity contribution in [1.82, 2.24) is 15.0 Å². The molecule has 0 saturated heterocycles. The molecule has 0 aliphatic carbocycles. The Labute approximate surface area is 138 Å². The van der Waals surface area contributed by atoms with Crippen molar-refractivity contribution in [2.45, 2.75) is 64.7 Å². The monoisotopic (exact) mass is 313 g/mol. The van der Waals surface area contributed by atoms with Gasteiger partial charge in [0.2, 0.25) is 0 Å². The smallest absolute Gasteiger partial charge is 0.252 e. The third-order valence-electron chi connectivity index (χ3n) is 4.02. The maximum absolute atomic E-state index is 12.2. The summed E-state index contributed by atoms with van der Waals surface area (Å²) in [6.45, 7) is 2.24. The molecule has 1 heterocycles. The number of para-hydroxylation sites is 1. The zero-order valence-electron chi connectivity index (χ0n) is 14.1. The first kappa shape index (κ1) is 17.4. The molecule has 2 rings (SSSR count). The molecule has 0 spiro atoms. The van der Waals surface area contributed by atoms with Crippen LogP contribution in [0.3, 0.4) is 0 Å². The van der Waals surface area contributed by atoms with Crippen LogP contribution in [0.5, 0.6) is 0 Å². The lowest BCUT2D eigenvalue weighted by atomic mass is 10.1. The van der Waals surface area contributed by atoms with E-state index in [0.717, 1.165) is 17.5 Å². The van der Waals surface area contributed by atoms with Gasteiger partial charge >= 0.3 is 0 Å². The maximum atomic E-state index is 12.2. The number of carbonyl (C=O) groups excluding carboxylic acids is 1. The summed E-state index contributed by atoms with van der Waals surface area (Å²) in [5.41, 5.74) is 1.53. The first-order valence-corrected chi connectivity index (χ1v) is 8.81. The van der Waals surface area contributed by atoms with E-state index in [4.69, 9.17) is 0 Å². The van der Waals surface area contributed by atoms with Gasteiger partial charge in [0, 0.05) is 6.42 Å². The van der Waals surface area contributed by atoms with E-state index in [9.17, 15) is 4.79 Å². The SMILES string of the molecule is CCCCCCCCC/C=C/CC(=O)n1nnc2ccccc21. The molecule has 0 aliphatic rings. The number of nitrogens with zero attached hydrogens (tertiary/aromatic N) is 3. The molecule has 4 nitrogen and oxygen atoms in total. The summed E-state index contributed by atoms with van der Waals surface area (Å²) in [5.74, 6) is -0.0329. The maximum Gasteiger partial charge on any atom is 0.252 e. The third kappa shape index (κ3) is 5.62. The van der Waals surface area contributed by atoms with Crippen LogP contribution in [0, 0.1) is 0 Å². The Morgan fingerprint density at radius 2 is 1.78 bits per heavy atom. The first-order chi connectivity index (χ1) is 11.3. The summed E-state index contributed by atoms with van der Waals surface area (Å²) in [6.07, 6.45) is 14.7. The molecule has 0 amide bonds. The van der Waals surface area contributed by atoms with E-state index in [0.29, 0.717) is 6.42 Å². The van der Waals surface area contributed by atoms with Crippen LogP contribution < -0.4 is 0 Å². The van der Waals surface area contributed by atoms with Gasteiger partial charge in [0.05, 0.1) is 5.52 Å². The van der Waals surface area contributed by atoms with Gasteiger partial charge in [0.25, 0.3) is 5.91 Å². The van der Waals surface area contributed by atoms with Crippen LogP contribution in [-0.2, 0) is 0 Å². The quantitative estimate of drug-likeness (QED) is 0.449. The number of allylic oxidation sites excluding steroid dienone is 2. The fourth-order valence-corrected chi connectivity index (χ4v) is 2.66. The van der Waals surface area contributed by atoms with E-state index < -0.39 is 0 Å². The van der Waals surface area contributed by atoms with Crippen LogP contribution in [0.1, 0.15) is 69.5 Å². The Morgan fingerprint density at radius 3 is 2.61 bits per heavy atom. The largest absolute Gasteiger partial charge is 0.272 e. The average Bonchev–Trinajstić information content (AvgIpc) is 3.00. The molecule has 124 valence electrons. The third-order valence-corrected chi connectivity index (χ3v) is 4.02. The number of hydrogen-bond donors (Lipinski definition) is 0. The molecule has 0 N–H and O–H groups in total. The highest BCUT2D eigenvalue weighted by molar-refractivity contribution is 5.89. The number of rotatable bonds is 10. The highest BCUT2D eigenvalue weighted by atomic mass is 16.2. The molecule has 23 heavy (non-hydrogen) atoms. The van der Waals surface area contributed by atoms with Gasteiger partial charge in [-0.2, -0.15) is 4.68 Å². The van der Waals surface area contributed by atoms with Gasteiger partial charge in [0.1, 0.15) is 5.52 Å². The van der Waals surface area contributed by atoms with Crippen molar-refractivity contribution in [3.05, 3.63) is 36.4 Å². The lowest BCUT2D eigenvalue weighted by Crippen LogP contribution is -2.10. The lowest BCUT2D eigenvalue weighted by molar-refractivity contribution is 0.0905. The second-order valence-electron chi connectivity index (χ2n) is 5.97. The molecule has 1 aromatic carbocycles. The molecule has 0 fully saturated rings. The topological polar surface area (TPSA) is 47.8 Å². The van der Waals surface area contributed by atoms with Gasteiger partial charge < -0.3 is 0 Å². The standard InChI is InChI=1S/C19H27N3O/c1-2-3-4-5-6-7-8-9-10-11-16-19(23)22-18-15-13-12-14-17(18)20-21-22/h10-15H,2-9,16H2,1H3/b11-10+.